The lowest BCUT2D eigenvalue weighted by molar-refractivity contribution is 0.628. The van der Waals surface area contributed by atoms with Gasteiger partial charge in [0, 0.05) is 40.1 Å². The highest BCUT2D eigenvalue weighted by molar-refractivity contribution is 6.28. The third-order valence-corrected chi connectivity index (χ3v) is 8.38. The fourth-order valence-corrected chi connectivity index (χ4v) is 6.49. The zero-order chi connectivity index (χ0) is 29.5. The van der Waals surface area contributed by atoms with E-state index in [1.54, 1.807) is 12.1 Å². The highest BCUT2D eigenvalue weighted by Gasteiger charge is 2.24. The molecule has 1 aliphatic rings. The Hall–Kier alpha value is -5.40. The number of para-hydroxylation sites is 1. The first-order valence-electron chi connectivity index (χ1n) is 14.8. The molecule has 0 saturated heterocycles. The van der Waals surface area contributed by atoms with Crippen molar-refractivity contribution < 1.29 is 4.39 Å². The molecule has 0 spiro atoms. The predicted octanol–water partition coefficient (Wildman–Crippen LogP) is 10.8. The number of hydrogen-bond donors (Lipinski definition) is 0. The summed E-state index contributed by atoms with van der Waals surface area (Å²) in [6, 6.07) is 42.7. The van der Waals surface area contributed by atoms with Gasteiger partial charge >= 0.3 is 0 Å². The average molecular weight is 560 g/mol. The molecule has 0 aliphatic carbocycles. The third-order valence-electron chi connectivity index (χ3n) is 8.38. The quantitative estimate of drug-likeness (QED) is 0.201. The second-order valence-corrected chi connectivity index (χ2v) is 10.6. The number of nitriles is 1. The summed E-state index contributed by atoms with van der Waals surface area (Å²) in [5.41, 5.74) is 7.24. The monoisotopic (exact) mass is 559 g/mol. The van der Waals surface area contributed by atoms with Crippen molar-refractivity contribution in [2.45, 2.75) is 20.3 Å². The first-order valence-corrected chi connectivity index (χ1v) is 14.8. The lowest BCUT2D eigenvalue weighted by Crippen LogP contribution is -2.13. The molecule has 7 aromatic carbocycles. The molecular formula is C39H30FN3. The van der Waals surface area contributed by atoms with Crippen LogP contribution in [0, 0.1) is 17.1 Å². The molecule has 0 saturated carbocycles. The average Bonchev–Trinajstić information content (AvgIpc) is 3.50. The van der Waals surface area contributed by atoms with Crippen LogP contribution >= 0.6 is 0 Å². The van der Waals surface area contributed by atoms with Gasteiger partial charge in [0.05, 0.1) is 17.3 Å². The largest absolute Gasteiger partial charge is 0.340 e. The summed E-state index contributed by atoms with van der Waals surface area (Å²) in [7, 11) is 0. The van der Waals surface area contributed by atoms with E-state index in [1.807, 2.05) is 38.1 Å². The molecule has 0 bridgehead atoms. The normalized spacial score (nSPS) is 12.3. The van der Waals surface area contributed by atoms with E-state index in [9.17, 15) is 9.65 Å². The summed E-state index contributed by atoms with van der Waals surface area (Å²) in [5.74, 6) is -0.278. The number of rotatable bonds is 4. The number of nitrogens with zero attached hydrogens (tertiary/aromatic N) is 3. The fraction of sp³-hybridized carbons (Fsp3) is 0.103. The van der Waals surface area contributed by atoms with Gasteiger partial charge in [-0.05, 0) is 100 Å². The van der Waals surface area contributed by atoms with Crippen LogP contribution in [0.2, 0.25) is 0 Å². The molecule has 8 rings (SSSR count). The maximum Gasteiger partial charge on any atom is 0.123 e. The molecule has 3 nitrogen and oxygen atoms in total. The molecule has 43 heavy (non-hydrogen) atoms. The molecule has 0 N–H and O–H groups in total. The summed E-state index contributed by atoms with van der Waals surface area (Å²) in [6.45, 7) is 4.96. The fourth-order valence-electron chi connectivity index (χ4n) is 6.49. The van der Waals surface area contributed by atoms with Gasteiger partial charge in [0.25, 0.3) is 0 Å². The van der Waals surface area contributed by atoms with Crippen LogP contribution in [-0.4, -0.2) is 6.54 Å². The Morgan fingerprint density at radius 2 is 1.26 bits per heavy atom. The Morgan fingerprint density at radius 1 is 0.651 bits per heavy atom. The van der Waals surface area contributed by atoms with E-state index < -0.39 is 0 Å². The van der Waals surface area contributed by atoms with Crippen molar-refractivity contribution in [1.29, 1.82) is 5.26 Å². The Kier molecular flexibility index (Phi) is 6.64. The maximum atomic E-state index is 14.0. The van der Waals surface area contributed by atoms with E-state index in [0.29, 0.717) is 5.56 Å². The Balaban J connectivity index is 0.00000147. The lowest BCUT2D eigenvalue weighted by Gasteiger charge is -2.28. The Morgan fingerprint density at radius 3 is 1.98 bits per heavy atom. The van der Waals surface area contributed by atoms with Crippen molar-refractivity contribution >= 4 is 60.8 Å². The van der Waals surface area contributed by atoms with E-state index >= 15 is 0 Å². The van der Waals surface area contributed by atoms with Gasteiger partial charge in [0.2, 0.25) is 0 Å². The van der Waals surface area contributed by atoms with Crippen molar-refractivity contribution in [1.82, 2.24) is 0 Å². The SMILES string of the molecule is CC.N#Cc1ccc(N(c2ccc(F)cc2)c2ccc3ccc4c(N5CCc6ccccc65)ccc5ccc2c3c54)cc1. The molecule has 0 fully saturated rings. The molecule has 0 unspecified atom stereocenters. The van der Waals surface area contributed by atoms with Crippen molar-refractivity contribution in [3.63, 3.8) is 0 Å². The molecule has 1 heterocycles. The molecule has 0 amide bonds. The molecule has 1 aliphatic heterocycles. The number of halogens is 1. The molecule has 7 aromatic rings. The van der Waals surface area contributed by atoms with Crippen molar-refractivity contribution in [3.8, 4) is 6.07 Å². The predicted molar refractivity (Wildman–Crippen MR) is 178 cm³/mol. The molecule has 0 radical (unpaired) electrons. The molecular weight excluding hydrogens is 529 g/mol. The molecule has 4 heteroatoms. The minimum absolute atomic E-state index is 0.278. The van der Waals surface area contributed by atoms with Crippen LogP contribution in [0.25, 0.3) is 32.3 Å². The van der Waals surface area contributed by atoms with Crippen LogP contribution in [0.1, 0.15) is 25.0 Å². The Bertz CT molecular complexity index is 2130. The van der Waals surface area contributed by atoms with E-state index in [0.717, 1.165) is 35.4 Å². The minimum atomic E-state index is -0.278. The standard InChI is InChI=1S/C37H24FN3.C2H6/c38-28-11-15-30(16-12-28)41(29-13-5-24(23-39)6-14-29)35-20-10-27-7-17-31-34(40-22-21-25-3-1-2-4-33(25)40)19-9-26-8-18-32(35)37(27)36(26)31;1-2/h1-20H,21-22H2;1-2H3. The van der Waals surface area contributed by atoms with E-state index in [-0.39, 0.29) is 5.82 Å². The van der Waals surface area contributed by atoms with Gasteiger partial charge in [-0.2, -0.15) is 5.26 Å². The topological polar surface area (TPSA) is 30.3 Å². The van der Waals surface area contributed by atoms with E-state index in [2.05, 4.69) is 88.7 Å². The lowest BCUT2D eigenvalue weighted by atomic mass is 9.92. The van der Waals surface area contributed by atoms with Crippen LogP contribution in [0.3, 0.4) is 0 Å². The van der Waals surface area contributed by atoms with Gasteiger partial charge in [0.15, 0.2) is 0 Å². The highest BCUT2D eigenvalue weighted by atomic mass is 19.1. The summed E-state index contributed by atoms with van der Waals surface area (Å²) >= 11 is 0. The zero-order valence-corrected chi connectivity index (χ0v) is 24.2. The summed E-state index contributed by atoms with van der Waals surface area (Å²) in [5, 5.41) is 16.6. The van der Waals surface area contributed by atoms with E-state index in [4.69, 9.17) is 0 Å². The molecule has 0 atom stereocenters. The van der Waals surface area contributed by atoms with Gasteiger partial charge in [0.1, 0.15) is 5.82 Å². The maximum absolute atomic E-state index is 14.0. The second-order valence-electron chi connectivity index (χ2n) is 10.6. The third kappa shape index (κ3) is 4.33. The van der Waals surface area contributed by atoms with Crippen LogP contribution in [0.15, 0.2) is 121 Å². The van der Waals surface area contributed by atoms with Crippen molar-refractivity contribution in [3.05, 3.63) is 138 Å². The summed E-state index contributed by atoms with van der Waals surface area (Å²) < 4.78 is 14.0. The number of fused-ring (bicyclic) bond motifs is 1. The Labute approximate surface area is 251 Å². The first kappa shape index (κ1) is 26.5. The highest BCUT2D eigenvalue weighted by Crippen LogP contribution is 2.47. The molecule has 0 aromatic heterocycles. The summed E-state index contributed by atoms with van der Waals surface area (Å²) in [4.78, 5) is 4.59. The van der Waals surface area contributed by atoms with Crippen LogP contribution in [-0.2, 0) is 6.42 Å². The van der Waals surface area contributed by atoms with Crippen LogP contribution < -0.4 is 9.80 Å². The zero-order valence-electron chi connectivity index (χ0n) is 24.2. The minimum Gasteiger partial charge on any atom is -0.340 e. The van der Waals surface area contributed by atoms with E-state index in [1.165, 1.54) is 56.0 Å². The van der Waals surface area contributed by atoms with Gasteiger partial charge in [-0.15, -0.1) is 0 Å². The smallest absolute Gasteiger partial charge is 0.123 e. The van der Waals surface area contributed by atoms with Crippen molar-refractivity contribution in [2.24, 2.45) is 0 Å². The number of hydrogen-bond acceptors (Lipinski definition) is 3. The van der Waals surface area contributed by atoms with Crippen LogP contribution in [0.4, 0.5) is 32.8 Å². The first-order chi connectivity index (χ1) is 21.2. The molecule has 208 valence electrons. The van der Waals surface area contributed by atoms with Gasteiger partial charge in [-0.3, -0.25) is 0 Å². The second kappa shape index (κ2) is 10.8. The summed E-state index contributed by atoms with van der Waals surface area (Å²) in [6.07, 6.45) is 1.04. The van der Waals surface area contributed by atoms with Crippen molar-refractivity contribution in [2.75, 3.05) is 16.3 Å². The van der Waals surface area contributed by atoms with Gasteiger partial charge in [-0.25, -0.2) is 4.39 Å². The van der Waals surface area contributed by atoms with Gasteiger partial charge < -0.3 is 9.80 Å². The number of benzene rings is 7. The number of anilines is 5. The van der Waals surface area contributed by atoms with Crippen LogP contribution in [0.5, 0.6) is 0 Å². The van der Waals surface area contributed by atoms with Gasteiger partial charge in [-0.1, -0.05) is 68.4 Å².